The summed E-state index contributed by atoms with van der Waals surface area (Å²) in [5, 5.41) is 8.33. The first kappa shape index (κ1) is 14.1. The summed E-state index contributed by atoms with van der Waals surface area (Å²) in [6.45, 7) is 8.51. The summed E-state index contributed by atoms with van der Waals surface area (Å²) in [4.78, 5) is -0.404. The summed E-state index contributed by atoms with van der Waals surface area (Å²) in [7, 11) is 0.215. The van der Waals surface area contributed by atoms with Crippen LogP contribution in [0.25, 0.3) is 0 Å². The van der Waals surface area contributed by atoms with E-state index in [2.05, 4.69) is 18.5 Å². The summed E-state index contributed by atoms with van der Waals surface area (Å²) >= 11 is 6.19. The van der Waals surface area contributed by atoms with Gasteiger partial charge in [0.2, 0.25) is 0 Å². The number of nitrogens with zero attached hydrogens (tertiary/aromatic N) is 2. The Kier molecular flexibility index (Phi) is 6.64. The molecule has 14 heavy (non-hydrogen) atoms. The van der Waals surface area contributed by atoms with E-state index in [1.54, 1.807) is 0 Å². The summed E-state index contributed by atoms with van der Waals surface area (Å²) < 4.78 is 7.43. The van der Waals surface area contributed by atoms with Gasteiger partial charge in [-0.05, 0) is 27.7 Å². The molecule has 0 saturated heterocycles. The molecule has 0 bridgehead atoms. The van der Waals surface area contributed by atoms with Gasteiger partial charge in [-0.1, -0.05) is 0 Å². The topological polar surface area (TPSA) is 36.3 Å². The monoisotopic (exact) mass is 236 g/mol. The summed E-state index contributed by atoms with van der Waals surface area (Å²) in [6.07, 6.45) is 0.432. The minimum Gasteiger partial charge on any atom is -0.345 e. The van der Waals surface area contributed by atoms with Gasteiger partial charge in [-0.15, -0.1) is 11.6 Å². The first-order valence-electron chi connectivity index (χ1n) is 4.62. The zero-order valence-electron chi connectivity index (χ0n) is 9.17. The number of halogens is 1. The van der Waals surface area contributed by atoms with Crippen LogP contribution in [-0.4, -0.2) is 22.3 Å². The lowest BCUT2D eigenvalue weighted by molar-refractivity contribution is 0.246. The van der Waals surface area contributed by atoms with Gasteiger partial charge in [0.25, 0.3) is 0 Å². The number of hydrogen-bond donors (Lipinski definition) is 0. The zero-order chi connectivity index (χ0) is 11.2. The minimum atomic E-state index is -0.404. The molecular formula is C9H18ClN2OP. The quantitative estimate of drug-likeness (QED) is 0.308. The maximum Gasteiger partial charge on any atom is 0.0954 e. The summed E-state index contributed by atoms with van der Waals surface area (Å²) in [5.41, 5.74) is 0. The SMILES string of the molecule is CC(C)N(POCCC#N)C(C)(C)Cl. The van der Waals surface area contributed by atoms with Gasteiger partial charge in [0.15, 0.2) is 0 Å². The fraction of sp³-hybridized carbons (Fsp3) is 0.889. The van der Waals surface area contributed by atoms with Crippen molar-refractivity contribution in [3.05, 3.63) is 0 Å². The van der Waals surface area contributed by atoms with E-state index in [0.29, 0.717) is 19.1 Å². The van der Waals surface area contributed by atoms with E-state index in [1.807, 2.05) is 19.9 Å². The van der Waals surface area contributed by atoms with Gasteiger partial charge in [0.05, 0.1) is 33.1 Å². The first-order chi connectivity index (χ1) is 6.39. The van der Waals surface area contributed by atoms with Crippen molar-refractivity contribution < 1.29 is 4.52 Å². The van der Waals surface area contributed by atoms with Gasteiger partial charge in [0.1, 0.15) is 0 Å². The fourth-order valence-electron chi connectivity index (χ4n) is 1.04. The van der Waals surface area contributed by atoms with Crippen LogP contribution in [0, 0.1) is 11.3 Å². The first-order valence-corrected chi connectivity index (χ1v) is 5.85. The molecule has 0 aliphatic heterocycles. The largest absolute Gasteiger partial charge is 0.345 e. The molecule has 0 amide bonds. The van der Waals surface area contributed by atoms with Crippen molar-refractivity contribution in [1.82, 2.24) is 4.67 Å². The average molecular weight is 237 g/mol. The number of nitriles is 1. The lowest BCUT2D eigenvalue weighted by Crippen LogP contribution is -2.37. The van der Waals surface area contributed by atoms with E-state index in [9.17, 15) is 0 Å². The van der Waals surface area contributed by atoms with Crippen molar-refractivity contribution in [2.75, 3.05) is 6.61 Å². The Morgan fingerprint density at radius 1 is 1.57 bits per heavy atom. The van der Waals surface area contributed by atoms with E-state index in [1.165, 1.54) is 0 Å². The molecule has 0 aromatic carbocycles. The Hall–Kier alpha value is 0.130. The second-order valence-corrected chi connectivity index (χ2v) is 5.60. The van der Waals surface area contributed by atoms with Crippen molar-refractivity contribution in [2.45, 2.75) is 45.2 Å². The smallest absolute Gasteiger partial charge is 0.0954 e. The molecule has 0 aromatic heterocycles. The molecule has 0 spiro atoms. The van der Waals surface area contributed by atoms with E-state index in [0.717, 1.165) is 0 Å². The molecular weight excluding hydrogens is 219 g/mol. The predicted molar refractivity (Wildman–Crippen MR) is 61.4 cm³/mol. The van der Waals surface area contributed by atoms with Crippen LogP contribution in [0.15, 0.2) is 0 Å². The fourth-order valence-corrected chi connectivity index (χ4v) is 2.10. The maximum absolute atomic E-state index is 8.33. The van der Waals surface area contributed by atoms with E-state index >= 15 is 0 Å². The van der Waals surface area contributed by atoms with Gasteiger partial charge >= 0.3 is 0 Å². The molecule has 0 saturated carbocycles. The highest BCUT2D eigenvalue weighted by Crippen LogP contribution is 2.34. The van der Waals surface area contributed by atoms with Crippen LogP contribution >= 0.6 is 20.6 Å². The third kappa shape index (κ3) is 5.78. The van der Waals surface area contributed by atoms with Crippen molar-refractivity contribution in [3.63, 3.8) is 0 Å². The van der Waals surface area contributed by atoms with Crippen LogP contribution in [0.1, 0.15) is 34.1 Å². The van der Waals surface area contributed by atoms with Crippen LogP contribution in [-0.2, 0) is 4.52 Å². The van der Waals surface area contributed by atoms with Gasteiger partial charge in [-0.2, -0.15) is 5.26 Å². The van der Waals surface area contributed by atoms with E-state index in [-0.39, 0.29) is 8.96 Å². The molecule has 0 aliphatic rings. The summed E-state index contributed by atoms with van der Waals surface area (Å²) in [6, 6.07) is 2.37. The molecule has 0 heterocycles. The van der Waals surface area contributed by atoms with Crippen LogP contribution in [0.5, 0.6) is 0 Å². The van der Waals surface area contributed by atoms with Crippen LogP contribution < -0.4 is 0 Å². The van der Waals surface area contributed by atoms with Gasteiger partial charge in [0, 0.05) is 6.04 Å². The molecule has 0 radical (unpaired) electrons. The highest BCUT2D eigenvalue weighted by atomic mass is 35.5. The highest BCUT2D eigenvalue weighted by Gasteiger charge is 2.26. The van der Waals surface area contributed by atoms with Crippen molar-refractivity contribution in [1.29, 1.82) is 5.26 Å². The maximum atomic E-state index is 8.33. The molecule has 0 N–H and O–H groups in total. The number of hydrogen-bond acceptors (Lipinski definition) is 3. The Labute approximate surface area is 93.3 Å². The molecule has 82 valence electrons. The van der Waals surface area contributed by atoms with Crippen molar-refractivity contribution >= 4 is 20.6 Å². The lowest BCUT2D eigenvalue weighted by Gasteiger charge is -2.35. The third-order valence-electron chi connectivity index (χ3n) is 1.57. The second-order valence-electron chi connectivity index (χ2n) is 3.72. The highest BCUT2D eigenvalue weighted by molar-refractivity contribution is 7.29. The minimum absolute atomic E-state index is 0.215. The van der Waals surface area contributed by atoms with Crippen molar-refractivity contribution in [2.24, 2.45) is 0 Å². The molecule has 1 unspecified atom stereocenters. The molecule has 5 heteroatoms. The standard InChI is InChI=1S/C9H18ClN2OP/c1-8(2)12(9(3,4)10)14-13-7-5-6-11/h8,14H,5,7H2,1-4H3. The molecule has 3 nitrogen and oxygen atoms in total. The third-order valence-corrected chi connectivity index (χ3v) is 3.50. The van der Waals surface area contributed by atoms with Crippen LogP contribution in [0.3, 0.4) is 0 Å². The van der Waals surface area contributed by atoms with Gasteiger partial charge in [-0.3, -0.25) is 0 Å². The Balaban J connectivity index is 3.95. The zero-order valence-corrected chi connectivity index (χ0v) is 10.9. The van der Waals surface area contributed by atoms with E-state index in [4.69, 9.17) is 21.4 Å². The molecule has 0 aromatic rings. The predicted octanol–water partition coefficient (Wildman–Crippen LogP) is 3.11. The molecule has 0 rings (SSSR count). The Morgan fingerprint density at radius 3 is 2.50 bits per heavy atom. The summed E-state index contributed by atoms with van der Waals surface area (Å²) in [5.74, 6) is 0. The second kappa shape index (κ2) is 6.58. The normalized spacial score (nSPS) is 13.0. The molecule has 1 atom stereocenters. The van der Waals surface area contributed by atoms with Gasteiger partial charge < -0.3 is 4.52 Å². The van der Waals surface area contributed by atoms with Gasteiger partial charge in [-0.25, -0.2) is 4.67 Å². The van der Waals surface area contributed by atoms with E-state index < -0.39 is 5.00 Å². The van der Waals surface area contributed by atoms with Crippen LogP contribution in [0.2, 0.25) is 0 Å². The molecule has 0 fully saturated rings. The molecule has 0 aliphatic carbocycles. The number of alkyl halides is 1. The Morgan fingerprint density at radius 2 is 2.14 bits per heavy atom. The average Bonchev–Trinajstić information content (AvgIpc) is 2.01. The van der Waals surface area contributed by atoms with Crippen molar-refractivity contribution in [3.8, 4) is 6.07 Å². The number of rotatable bonds is 6. The Bertz CT molecular complexity index is 198. The van der Waals surface area contributed by atoms with Crippen LogP contribution in [0.4, 0.5) is 0 Å². The lowest BCUT2D eigenvalue weighted by atomic mass is 10.3.